The van der Waals surface area contributed by atoms with Crippen LogP contribution in [0.5, 0.6) is 0 Å². The Labute approximate surface area is 174 Å². The number of aromatic amines is 1. The Morgan fingerprint density at radius 2 is 1.70 bits per heavy atom. The smallest absolute Gasteiger partial charge is 0.248 e. The van der Waals surface area contributed by atoms with Crippen molar-refractivity contribution in [3.05, 3.63) is 89.4 Å². The third kappa shape index (κ3) is 6.38. The highest BCUT2D eigenvalue weighted by Crippen LogP contribution is 2.23. The van der Waals surface area contributed by atoms with Crippen molar-refractivity contribution in [1.29, 1.82) is 0 Å². The number of primary amides is 1. The molecule has 1 amide bonds. The van der Waals surface area contributed by atoms with Gasteiger partial charge in [0.15, 0.2) is 0 Å². The van der Waals surface area contributed by atoms with Crippen LogP contribution in [-0.4, -0.2) is 22.2 Å². The summed E-state index contributed by atoms with van der Waals surface area (Å²) in [7, 11) is 0. The van der Waals surface area contributed by atoms with Crippen molar-refractivity contribution in [2.45, 2.75) is 20.8 Å². The number of nitrogens with two attached hydrogens (primary N) is 1. The molecule has 0 saturated heterocycles. The number of hydrogen-bond donors (Lipinski definition) is 2. The Balaban J connectivity index is 0.000000210. The lowest BCUT2D eigenvalue weighted by Crippen LogP contribution is -2.10. The second-order valence-corrected chi connectivity index (χ2v) is 6.61. The van der Waals surface area contributed by atoms with E-state index in [1.807, 2.05) is 38.2 Å². The van der Waals surface area contributed by atoms with Gasteiger partial charge >= 0.3 is 0 Å². The van der Waals surface area contributed by atoms with E-state index in [-0.39, 0.29) is 11.7 Å². The fraction of sp³-hybridized carbons (Fsp3) is 0.125. The molecule has 4 rings (SSSR count). The Morgan fingerprint density at radius 3 is 2.27 bits per heavy atom. The molecule has 0 saturated carbocycles. The zero-order chi connectivity index (χ0) is 22.1. The molecule has 0 spiro atoms. The van der Waals surface area contributed by atoms with Gasteiger partial charge in [-0.1, -0.05) is 17.7 Å². The largest absolute Gasteiger partial charge is 0.366 e. The van der Waals surface area contributed by atoms with Crippen molar-refractivity contribution in [2.75, 3.05) is 0 Å². The van der Waals surface area contributed by atoms with Crippen LogP contribution in [0.25, 0.3) is 22.3 Å². The minimum atomic E-state index is -0.372. The fourth-order valence-corrected chi connectivity index (χ4v) is 2.71. The molecule has 2 heterocycles. The number of rotatable bonds is 2. The molecule has 0 aliphatic carbocycles. The summed E-state index contributed by atoms with van der Waals surface area (Å²) in [5.41, 5.74) is 10.6. The molecule has 4 aromatic rings. The fourth-order valence-electron chi connectivity index (χ4n) is 2.71. The first kappa shape index (κ1) is 22.5. The summed E-state index contributed by atoms with van der Waals surface area (Å²) in [6, 6.07) is 17.7. The van der Waals surface area contributed by atoms with Crippen molar-refractivity contribution in [2.24, 2.45) is 5.73 Å². The summed E-state index contributed by atoms with van der Waals surface area (Å²) >= 11 is 0. The lowest BCUT2D eigenvalue weighted by atomic mass is 10.1. The van der Waals surface area contributed by atoms with E-state index in [4.69, 9.17) is 10.5 Å². The van der Waals surface area contributed by atoms with Gasteiger partial charge in [-0.15, -0.1) is 0 Å². The number of hydrogen-bond acceptors (Lipinski definition) is 3. The Bertz CT molecular complexity index is 1130. The Morgan fingerprint density at radius 1 is 1.03 bits per heavy atom. The molecule has 0 unspecified atom stereocenters. The molecule has 0 fully saturated rings. The monoisotopic (exact) mass is 405 g/mol. The number of aromatic nitrogens is 2. The Hall–Kier alpha value is -3.80. The molecular weight excluding hydrogens is 381 g/mol. The minimum Gasteiger partial charge on any atom is -0.366 e. The van der Waals surface area contributed by atoms with E-state index < -0.39 is 0 Å². The summed E-state index contributed by atoms with van der Waals surface area (Å²) in [5.74, 6) is -0.595. The molecule has 2 aromatic heterocycles. The van der Waals surface area contributed by atoms with Gasteiger partial charge in [-0.05, 0) is 80.4 Å². The first-order chi connectivity index (χ1) is 14.3. The minimum absolute atomic E-state index is 0.223. The average molecular weight is 405 g/mol. The number of H-pyrrole nitrogens is 1. The number of nitrogens with zero attached hydrogens (tertiary/aromatic N) is 1. The maximum Gasteiger partial charge on any atom is 0.248 e. The average Bonchev–Trinajstić information content (AvgIpc) is 3.13. The number of aryl methyl sites for hydroxylation is 2. The number of aldehydes is 1. The van der Waals surface area contributed by atoms with E-state index in [1.54, 1.807) is 24.3 Å². The number of nitrogens with one attached hydrogen (secondary N) is 1. The second kappa shape index (κ2) is 10.7. The lowest BCUT2D eigenvalue weighted by Gasteiger charge is -1.96. The van der Waals surface area contributed by atoms with Crippen LogP contribution in [0.3, 0.4) is 0 Å². The van der Waals surface area contributed by atoms with E-state index >= 15 is 0 Å². The van der Waals surface area contributed by atoms with Gasteiger partial charge in [0.05, 0.1) is 0 Å². The summed E-state index contributed by atoms with van der Waals surface area (Å²) in [5, 5.41) is 1.07. The quantitative estimate of drug-likeness (QED) is 0.461. The number of carbonyl (C=O) groups is 2. The van der Waals surface area contributed by atoms with E-state index in [2.05, 4.69) is 16.0 Å². The standard InChI is InChI=1S/C14H11FN2.C8H9NO.C2H4O/c1-9-6-11-7-13(17-14(11)16-8-9)10-2-4-12(15)5-3-10;1-6-3-2-4-7(5-6)8(9)10;1-2-3/h2-8H,1H3,(H,16,17);2-5H,1H3,(H2,9,10);2H,1H3. The number of benzene rings is 2. The topological polar surface area (TPSA) is 88.8 Å². The predicted octanol–water partition coefficient (Wildman–Crippen LogP) is 4.98. The van der Waals surface area contributed by atoms with Gasteiger partial charge in [-0.25, -0.2) is 9.37 Å². The van der Waals surface area contributed by atoms with Crippen molar-refractivity contribution in [1.82, 2.24) is 9.97 Å². The predicted molar refractivity (Wildman–Crippen MR) is 118 cm³/mol. The van der Waals surface area contributed by atoms with Gasteiger partial charge in [0.1, 0.15) is 17.8 Å². The SMILES string of the molecule is CC=O.Cc1cccc(C(N)=O)c1.Cc1cnc2[nH]c(-c3ccc(F)cc3)cc2c1. The molecule has 0 atom stereocenters. The van der Waals surface area contributed by atoms with Gasteiger partial charge in [-0.3, -0.25) is 4.79 Å². The summed E-state index contributed by atoms with van der Waals surface area (Å²) in [4.78, 5) is 26.9. The number of pyridine rings is 1. The lowest BCUT2D eigenvalue weighted by molar-refractivity contribution is -0.106. The van der Waals surface area contributed by atoms with Gasteiger partial charge < -0.3 is 15.5 Å². The van der Waals surface area contributed by atoms with Crippen LogP contribution in [0, 0.1) is 19.7 Å². The zero-order valence-electron chi connectivity index (χ0n) is 17.1. The van der Waals surface area contributed by atoms with Crippen molar-refractivity contribution in [3.8, 4) is 11.3 Å². The molecule has 0 radical (unpaired) electrons. The third-order valence-electron chi connectivity index (χ3n) is 4.06. The van der Waals surface area contributed by atoms with Gasteiger partial charge in [0.2, 0.25) is 5.91 Å². The normalized spacial score (nSPS) is 9.73. The van der Waals surface area contributed by atoms with Crippen molar-refractivity contribution >= 4 is 23.2 Å². The number of carbonyl (C=O) groups excluding carboxylic acids is 2. The molecule has 6 heteroatoms. The maximum atomic E-state index is 12.8. The number of amides is 1. The second-order valence-electron chi connectivity index (χ2n) is 6.61. The number of halogens is 1. The molecule has 0 aliphatic heterocycles. The summed E-state index contributed by atoms with van der Waals surface area (Å²) < 4.78 is 12.8. The molecule has 0 aliphatic rings. The van der Waals surface area contributed by atoms with E-state index in [0.29, 0.717) is 5.56 Å². The van der Waals surface area contributed by atoms with E-state index in [1.165, 1.54) is 19.1 Å². The van der Waals surface area contributed by atoms with Crippen LogP contribution in [0.4, 0.5) is 4.39 Å². The van der Waals surface area contributed by atoms with Crippen LogP contribution in [0.2, 0.25) is 0 Å². The zero-order valence-corrected chi connectivity index (χ0v) is 17.1. The Kier molecular flexibility index (Phi) is 7.99. The van der Waals surface area contributed by atoms with Crippen LogP contribution < -0.4 is 5.73 Å². The van der Waals surface area contributed by atoms with Crippen LogP contribution >= 0.6 is 0 Å². The van der Waals surface area contributed by atoms with Crippen LogP contribution in [0.15, 0.2) is 66.9 Å². The van der Waals surface area contributed by atoms with Crippen LogP contribution in [0.1, 0.15) is 28.4 Å². The molecule has 0 bridgehead atoms. The first-order valence-electron chi connectivity index (χ1n) is 9.31. The molecule has 2 aromatic carbocycles. The van der Waals surface area contributed by atoms with Crippen molar-refractivity contribution < 1.29 is 14.0 Å². The molecule has 30 heavy (non-hydrogen) atoms. The molecule has 3 N–H and O–H groups in total. The van der Waals surface area contributed by atoms with Gasteiger partial charge in [0, 0.05) is 22.8 Å². The third-order valence-corrected chi connectivity index (χ3v) is 4.06. The summed E-state index contributed by atoms with van der Waals surface area (Å²) in [6.45, 7) is 5.38. The maximum absolute atomic E-state index is 12.8. The summed E-state index contributed by atoms with van der Waals surface area (Å²) in [6.07, 6.45) is 2.58. The van der Waals surface area contributed by atoms with E-state index in [0.717, 1.165) is 39.7 Å². The van der Waals surface area contributed by atoms with E-state index in [9.17, 15) is 9.18 Å². The van der Waals surface area contributed by atoms with Gasteiger partial charge in [0.25, 0.3) is 0 Å². The highest BCUT2D eigenvalue weighted by Gasteiger charge is 2.04. The highest BCUT2D eigenvalue weighted by molar-refractivity contribution is 5.92. The highest BCUT2D eigenvalue weighted by atomic mass is 19.1. The molecule has 154 valence electrons. The van der Waals surface area contributed by atoms with Crippen molar-refractivity contribution in [3.63, 3.8) is 0 Å². The van der Waals surface area contributed by atoms with Gasteiger partial charge in [-0.2, -0.15) is 0 Å². The number of fused-ring (bicyclic) bond motifs is 1. The molecule has 5 nitrogen and oxygen atoms in total. The molecular formula is C24H24FN3O2. The van der Waals surface area contributed by atoms with Crippen LogP contribution in [-0.2, 0) is 4.79 Å². The first-order valence-corrected chi connectivity index (χ1v) is 9.31.